The van der Waals surface area contributed by atoms with Crippen LogP contribution < -0.4 is 5.32 Å². The zero-order chi connectivity index (χ0) is 16.9. The summed E-state index contributed by atoms with van der Waals surface area (Å²) in [5.74, 6) is -0.0714. The van der Waals surface area contributed by atoms with Crippen molar-refractivity contribution in [3.8, 4) is 0 Å². The molecule has 2 unspecified atom stereocenters. The number of ether oxygens (including phenoxy) is 1. The predicted molar refractivity (Wildman–Crippen MR) is 95.0 cm³/mol. The summed E-state index contributed by atoms with van der Waals surface area (Å²) in [6.45, 7) is 7.65. The Morgan fingerprint density at radius 1 is 1.21 bits per heavy atom. The monoisotopic (exact) mass is 345 g/mol. The Hall–Kier alpha value is -1.76. The van der Waals surface area contributed by atoms with E-state index in [4.69, 9.17) is 4.74 Å². The molecule has 2 heterocycles. The summed E-state index contributed by atoms with van der Waals surface area (Å²) in [5, 5.41) is 2.92. The van der Waals surface area contributed by atoms with E-state index in [2.05, 4.69) is 52.7 Å². The number of nitrogens with zero attached hydrogens (tertiary/aromatic N) is 2. The fourth-order valence-electron chi connectivity index (χ4n) is 3.04. The lowest BCUT2D eigenvalue weighted by Crippen LogP contribution is -2.44. The second-order valence-electron chi connectivity index (χ2n) is 6.33. The number of hydrogen-bond donors (Lipinski definition) is 1. The van der Waals surface area contributed by atoms with Gasteiger partial charge in [-0.3, -0.25) is 9.69 Å². The van der Waals surface area contributed by atoms with E-state index in [-0.39, 0.29) is 18.1 Å². The fraction of sp³-hybridized carbons (Fsp3) is 0.444. The Morgan fingerprint density at radius 2 is 1.88 bits per heavy atom. The fourth-order valence-corrected chi connectivity index (χ4v) is 3.55. The lowest BCUT2D eigenvalue weighted by molar-refractivity contribution is -0.0704. The summed E-state index contributed by atoms with van der Waals surface area (Å²) in [7, 11) is 0. The minimum absolute atomic E-state index is 0.0714. The van der Waals surface area contributed by atoms with E-state index < -0.39 is 0 Å². The van der Waals surface area contributed by atoms with Crippen molar-refractivity contribution >= 4 is 17.4 Å². The molecule has 1 aliphatic heterocycles. The maximum absolute atomic E-state index is 11.9. The van der Waals surface area contributed by atoms with E-state index in [1.807, 2.05) is 0 Å². The summed E-state index contributed by atoms with van der Waals surface area (Å²) in [4.78, 5) is 15.0. The Bertz CT molecular complexity index is 647. The summed E-state index contributed by atoms with van der Waals surface area (Å²) in [6, 6.07) is 10.2. The van der Waals surface area contributed by atoms with Crippen LogP contribution in [0.25, 0.3) is 0 Å². The Kier molecular flexibility index (Phi) is 5.60. The van der Waals surface area contributed by atoms with Gasteiger partial charge in [-0.1, -0.05) is 24.3 Å². The Balaban J connectivity index is 1.51. The molecule has 1 amide bonds. The number of carbonyl (C=O) groups excluding carboxylic acids is 1. The molecule has 0 bridgehead atoms. The third-order valence-electron chi connectivity index (χ3n) is 4.04. The molecule has 2 atom stereocenters. The highest BCUT2D eigenvalue weighted by atomic mass is 32.1. The molecule has 3 rings (SSSR count). The van der Waals surface area contributed by atoms with Crippen LogP contribution in [0.2, 0.25) is 0 Å². The van der Waals surface area contributed by atoms with Crippen LogP contribution in [0.4, 0.5) is 0 Å². The van der Waals surface area contributed by atoms with Crippen molar-refractivity contribution in [2.24, 2.45) is 0 Å². The van der Waals surface area contributed by atoms with Gasteiger partial charge in [0.25, 0.3) is 5.91 Å². The number of morpholine rings is 1. The molecular formula is C18H23N3O2S. The number of carbonyl (C=O) groups is 1. The molecule has 6 heteroatoms. The normalized spacial score (nSPS) is 21.6. The van der Waals surface area contributed by atoms with Crippen LogP contribution in [0.15, 0.2) is 36.5 Å². The molecule has 2 aromatic rings. The average molecular weight is 345 g/mol. The van der Waals surface area contributed by atoms with Crippen molar-refractivity contribution in [1.29, 1.82) is 0 Å². The van der Waals surface area contributed by atoms with E-state index >= 15 is 0 Å². The van der Waals surface area contributed by atoms with E-state index in [1.54, 1.807) is 12.3 Å². The minimum Gasteiger partial charge on any atom is -0.373 e. The molecule has 1 N–H and O–H groups in total. The lowest BCUT2D eigenvalue weighted by atomic mass is 10.1. The second-order valence-corrected chi connectivity index (χ2v) is 7.16. The van der Waals surface area contributed by atoms with Crippen LogP contribution in [0.1, 0.15) is 34.6 Å². The molecule has 0 saturated carbocycles. The maximum Gasteiger partial charge on any atom is 0.263 e. The Labute approximate surface area is 146 Å². The number of benzene rings is 1. The van der Waals surface area contributed by atoms with E-state index in [9.17, 15) is 4.79 Å². The molecular weight excluding hydrogens is 322 g/mol. The average Bonchev–Trinajstić information content (AvgIpc) is 3.07. The van der Waals surface area contributed by atoms with Gasteiger partial charge >= 0.3 is 0 Å². The first-order valence-electron chi connectivity index (χ1n) is 8.24. The molecule has 128 valence electrons. The van der Waals surface area contributed by atoms with Crippen LogP contribution in [0, 0.1) is 0 Å². The summed E-state index contributed by atoms with van der Waals surface area (Å²) >= 11 is 1.21. The number of rotatable bonds is 5. The van der Waals surface area contributed by atoms with Crippen molar-refractivity contribution in [3.05, 3.63) is 52.5 Å². The molecule has 1 aliphatic rings. The predicted octanol–water partition coefficient (Wildman–Crippen LogP) is 2.68. The molecule has 5 nitrogen and oxygen atoms in total. The number of hydrogen-bond acceptors (Lipinski definition) is 5. The largest absolute Gasteiger partial charge is 0.373 e. The van der Waals surface area contributed by atoms with Gasteiger partial charge in [-0.25, -0.2) is 4.37 Å². The van der Waals surface area contributed by atoms with Gasteiger partial charge in [-0.05, 0) is 42.6 Å². The second kappa shape index (κ2) is 7.88. The van der Waals surface area contributed by atoms with Crippen LogP contribution in [-0.4, -0.2) is 40.5 Å². The highest BCUT2D eigenvalue weighted by Gasteiger charge is 2.21. The SMILES string of the molecule is CC1CN(Cc2ccc(CNC(=O)c3ccns3)cc2)CC(C)O1. The number of aromatic nitrogens is 1. The highest BCUT2D eigenvalue weighted by molar-refractivity contribution is 7.08. The topological polar surface area (TPSA) is 54.5 Å². The number of nitrogens with one attached hydrogen (secondary N) is 1. The minimum atomic E-state index is -0.0714. The summed E-state index contributed by atoms with van der Waals surface area (Å²) in [6.07, 6.45) is 2.21. The number of amides is 1. The smallest absolute Gasteiger partial charge is 0.263 e. The van der Waals surface area contributed by atoms with Gasteiger partial charge in [0, 0.05) is 32.4 Å². The molecule has 0 spiro atoms. The third-order valence-corrected chi connectivity index (χ3v) is 4.78. The van der Waals surface area contributed by atoms with Crippen molar-refractivity contribution < 1.29 is 9.53 Å². The first kappa shape index (κ1) is 17.1. The summed E-state index contributed by atoms with van der Waals surface area (Å²) in [5.41, 5.74) is 2.38. The first-order valence-corrected chi connectivity index (χ1v) is 9.02. The van der Waals surface area contributed by atoms with Crippen molar-refractivity contribution in [2.75, 3.05) is 13.1 Å². The van der Waals surface area contributed by atoms with E-state index in [0.29, 0.717) is 11.4 Å². The third kappa shape index (κ3) is 4.63. The van der Waals surface area contributed by atoms with Crippen LogP contribution in [0.5, 0.6) is 0 Å². The first-order chi connectivity index (χ1) is 11.6. The van der Waals surface area contributed by atoms with Gasteiger partial charge in [-0.15, -0.1) is 0 Å². The molecule has 1 fully saturated rings. The van der Waals surface area contributed by atoms with Gasteiger partial charge < -0.3 is 10.1 Å². The molecule has 1 saturated heterocycles. The highest BCUT2D eigenvalue weighted by Crippen LogP contribution is 2.15. The van der Waals surface area contributed by atoms with E-state index in [1.165, 1.54) is 17.1 Å². The molecule has 24 heavy (non-hydrogen) atoms. The molecule has 0 aliphatic carbocycles. The van der Waals surface area contributed by atoms with Gasteiger partial charge in [0.1, 0.15) is 4.88 Å². The van der Waals surface area contributed by atoms with Crippen molar-refractivity contribution in [3.63, 3.8) is 0 Å². The zero-order valence-electron chi connectivity index (χ0n) is 14.1. The quantitative estimate of drug-likeness (QED) is 0.905. The molecule has 0 radical (unpaired) electrons. The molecule has 1 aromatic heterocycles. The van der Waals surface area contributed by atoms with Crippen molar-refractivity contribution in [1.82, 2.24) is 14.6 Å². The van der Waals surface area contributed by atoms with Gasteiger partial charge in [0.2, 0.25) is 0 Å². The van der Waals surface area contributed by atoms with Gasteiger partial charge in [-0.2, -0.15) is 0 Å². The van der Waals surface area contributed by atoms with E-state index in [0.717, 1.165) is 25.2 Å². The van der Waals surface area contributed by atoms with Gasteiger partial charge in [0.15, 0.2) is 0 Å². The van der Waals surface area contributed by atoms with Crippen LogP contribution >= 0.6 is 11.5 Å². The van der Waals surface area contributed by atoms with Gasteiger partial charge in [0.05, 0.1) is 12.2 Å². The standard InChI is InChI=1S/C18H23N3O2S/c1-13-10-21(11-14(2)23-13)12-16-5-3-15(4-6-16)9-19-18(22)17-7-8-20-24-17/h3-8,13-14H,9-12H2,1-2H3,(H,19,22). The Morgan fingerprint density at radius 3 is 2.50 bits per heavy atom. The van der Waals surface area contributed by atoms with Crippen molar-refractivity contribution in [2.45, 2.75) is 39.1 Å². The van der Waals surface area contributed by atoms with Crippen LogP contribution in [0.3, 0.4) is 0 Å². The van der Waals surface area contributed by atoms with Crippen LogP contribution in [-0.2, 0) is 17.8 Å². The molecule has 1 aromatic carbocycles. The zero-order valence-corrected chi connectivity index (χ0v) is 14.9. The lowest BCUT2D eigenvalue weighted by Gasteiger charge is -2.35. The summed E-state index contributed by atoms with van der Waals surface area (Å²) < 4.78 is 9.72. The maximum atomic E-state index is 11.9.